The van der Waals surface area contributed by atoms with E-state index in [1.807, 2.05) is 12.1 Å². The summed E-state index contributed by atoms with van der Waals surface area (Å²) < 4.78 is 0. The third-order valence-electron chi connectivity index (χ3n) is 3.95. The van der Waals surface area contributed by atoms with Crippen LogP contribution in [0.2, 0.25) is 0 Å². The Hall–Kier alpha value is -1.06. The molecule has 1 saturated heterocycles. The van der Waals surface area contributed by atoms with Crippen LogP contribution in [0.1, 0.15) is 38.3 Å². The van der Waals surface area contributed by atoms with Crippen molar-refractivity contribution in [1.29, 1.82) is 0 Å². The number of phenolic OH excluding ortho intramolecular Hbond substituents is 1. The van der Waals surface area contributed by atoms with Gasteiger partial charge in [0.15, 0.2) is 0 Å². The maximum atomic E-state index is 10.1. The van der Waals surface area contributed by atoms with Gasteiger partial charge in [-0.3, -0.25) is 4.90 Å². The average Bonchev–Trinajstić information content (AvgIpc) is 2.90. The average molecular weight is 248 g/mol. The summed E-state index contributed by atoms with van der Waals surface area (Å²) in [5, 5.41) is 13.5. The van der Waals surface area contributed by atoms with Crippen molar-refractivity contribution in [1.82, 2.24) is 10.2 Å². The number of nitrogens with zero attached hydrogens (tertiary/aromatic N) is 1. The number of nitrogens with one attached hydrogen (secondary N) is 1. The molecule has 2 unspecified atom stereocenters. The lowest BCUT2D eigenvalue weighted by molar-refractivity contribution is 0.145. The number of hydrogen-bond donors (Lipinski definition) is 2. The van der Waals surface area contributed by atoms with Crippen LogP contribution in [0.25, 0.3) is 0 Å². The molecule has 0 saturated carbocycles. The quantitative estimate of drug-likeness (QED) is 0.840. The van der Waals surface area contributed by atoms with Crippen LogP contribution in [0, 0.1) is 0 Å². The molecule has 2 rings (SSSR count). The van der Waals surface area contributed by atoms with Crippen LogP contribution in [0.4, 0.5) is 0 Å². The predicted octanol–water partition coefficient (Wildman–Crippen LogP) is 2.53. The first-order valence-electron chi connectivity index (χ1n) is 7.02. The zero-order valence-corrected chi connectivity index (χ0v) is 11.4. The van der Waals surface area contributed by atoms with Gasteiger partial charge in [-0.15, -0.1) is 0 Å². The fraction of sp³-hybridized carbons (Fsp3) is 0.600. The normalized spacial score (nSPS) is 21.4. The summed E-state index contributed by atoms with van der Waals surface area (Å²) in [5.74, 6) is 0.425. The molecule has 0 bridgehead atoms. The summed E-state index contributed by atoms with van der Waals surface area (Å²) >= 11 is 0. The molecule has 2 atom stereocenters. The van der Waals surface area contributed by atoms with Gasteiger partial charge in [0.2, 0.25) is 0 Å². The smallest absolute Gasteiger partial charge is 0.120 e. The van der Waals surface area contributed by atoms with Crippen molar-refractivity contribution in [3.8, 4) is 5.75 Å². The van der Waals surface area contributed by atoms with Gasteiger partial charge in [-0.2, -0.15) is 0 Å². The molecule has 0 aliphatic carbocycles. The Bertz CT molecular complexity index is 375. The minimum absolute atomic E-state index is 0.320. The van der Waals surface area contributed by atoms with Crippen LogP contribution in [0.5, 0.6) is 5.75 Å². The molecule has 0 aromatic heterocycles. The highest BCUT2D eigenvalue weighted by Gasteiger charge is 2.28. The number of benzene rings is 1. The van der Waals surface area contributed by atoms with Gasteiger partial charge in [-0.1, -0.05) is 32.0 Å². The van der Waals surface area contributed by atoms with Gasteiger partial charge in [-0.05, 0) is 32.0 Å². The van der Waals surface area contributed by atoms with E-state index >= 15 is 0 Å². The molecule has 1 heterocycles. The summed E-state index contributed by atoms with van der Waals surface area (Å²) in [7, 11) is 0. The van der Waals surface area contributed by atoms with Crippen molar-refractivity contribution in [2.24, 2.45) is 0 Å². The molecule has 3 heteroatoms. The molecular weight excluding hydrogens is 224 g/mol. The molecule has 1 aliphatic heterocycles. The minimum Gasteiger partial charge on any atom is -0.508 e. The Balaban J connectivity index is 2.23. The van der Waals surface area contributed by atoms with E-state index < -0.39 is 0 Å². The standard InChI is InChI=1S/C15H24N2O/c1-3-14(13-7-5-6-8-15(13)18)17(4-2)12-9-10-16-11-12/h5-8,12,14,16,18H,3-4,9-11H2,1-2H3. The molecule has 0 spiro atoms. The number of phenols is 1. The van der Waals surface area contributed by atoms with E-state index in [0.29, 0.717) is 17.8 Å². The summed E-state index contributed by atoms with van der Waals surface area (Å²) in [6.07, 6.45) is 2.24. The summed E-state index contributed by atoms with van der Waals surface area (Å²) in [6, 6.07) is 8.66. The zero-order chi connectivity index (χ0) is 13.0. The number of para-hydroxylation sites is 1. The van der Waals surface area contributed by atoms with Gasteiger partial charge in [0.25, 0.3) is 0 Å². The maximum absolute atomic E-state index is 10.1. The fourth-order valence-corrected chi connectivity index (χ4v) is 3.06. The lowest BCUT2D eigenvalue weighted by Crippen LogP contribution is -2.39. The highest BCUT2D eigenvalue weighted by atomic mass is 16.3. The van der Waals surface area contributed by atoms with Gasteiger partial charge in [0, 0.05) is 24.2 Å². The predicted molar refractivity (Wildman–Crippen MR) is 74.8 cm³/mol. The molecule has 0 amide bonds. The molecule has 1 aromatic rings. The number of rotatable bonds is 5. The lowest BCUT2D eigenvalue weighted by atomic mass is 9.99. The molecule has 100 valence electrons. The van der Waals surface area contributed by atoms with E-state index in [2.05, 4.69) is 30.1 Å². The summed E-state index contributed by atoms with van der Waals surface area (Å²) in [6.45, 7) is 7.61. The third-order valence-corrected chi connectivity index (χ3v) is 3.95. The van der Waals surface area contributed by atoms with Crippen molar-refractivity contribution in [2.45, 2.75) is 38.8 Å². The Kier molecular flexibility index (Phi) is 4.61. The van der Waals surface area contributed by atoms with Gasteiger partial charge in [0.05, 0.1) is 0 Å². The van der Waals surface area contributed by atoms with Crippen LogP contribution in [0.3, 0.4) is 0 Å². The maximum Gasteiger partial charge on any atom is 0.120 e. The number of aromatic hydroxyl groups is 1. The van der Waals surface area contributed by atoms with Crippen molar-refractivity contribution in [3.05, 3.63) is 29.8 Å². The second kappa shape index (κ2) is 6.21. The molecule has 2 N–H and O–H groups in total. The van der Waals surface area contributed by atoms with Crippen LogP contribution in [-0.4, -0.2) is 35.7 Å². The summed E-state index contributed by atoms with van der Waals surface area (Å²) in [4.78, 5) is 2.52. The first-order valence-corrected chi connectivity index (χ1v) is 7.02. The number of hydrogen-bond acceptors (Lipinski definition) is 3. The highest BCUT2D eigenvalue weighted by Crippen LogP contribution is 2.33. The molecule has 1 aromatic carbocycles. The molecule has 1 fully saturated rings. The molecule has 1 aliphatic rings. The van der Waals surface area contributed by atoms with Crippen molar-refractivity contribution in [3.63, 3.8) is 0 Å². The topological polar surface area (TPSA) is 35.5 Å². The van der Waals surface area contributed by atoms with Gasteiger partial charge in [0.1, 0.15) is 5.75 Å². The molecule has 0 radical (unpaired) electrons. The van der Waals surface area contributed by atoms with Gasteiger partial charge < -0.3 is 10.4 Å². The van der Waals surface area contributed by atoms with E-state index in [4.69, 9.17) is 0 Å². The van der Waals surface area contributed by atoms with Crippen LogP contribution in [-0.2, 0) is 0 Å². The van der Waals surface area contributed by atoms with Crippen LogP contribution >= 0.6 is 0 Å². The van der Waals surface area contributed by atoms with E-state index in [-0.39, 0.29) is 0 Å². The Morgan fingerprint density at radius 3 is 2.72 bits per heavy atom. The molecule has 3 nitrogen and oxygen atoms in total. The zero-order valence-electron chi connectivity index (χ0n) is 11.4. The van der Waals surface area contributed by atoms with E-state index in [1.165, 1.54) is 6.42 Å². The van der Waals surface area contributed by atoms with Gasteiger partial charge >= 0.3 is 0 Å². The van der Waals surface area contributed by atoms with Crippen LogP contribution in [0.15, 0.2) is 24.3 Å². The van der Waals surface area contributed by atoms with Crippen molar-refractivity contribution >= 4 is 0 Å². The van der Waals surface area contributed by atoms with E-state index in [0.717, 1.165) is 31.6 Å². The van der Waals surface area contributed by atoms with Crippen molar-refractivity contribution < 1.29 is 5.11 Å². The largest absolute Gasteiger partial charge is 0.508 e. The first-order chi connectivity index (χ1) is 8.77. The molecule has 18 heavy (non-hydrogen) atoms. The first kappa shape index (κ1) is 13.4. The monoisotopic (exact) mass is 248 g/mol. The SMILES string of the molecule is CCC(c1ccccc1O)N(CC)C1CCNC1. The molecular formula is C15H24N2O. The van der Waals surface area contributed by atoms with Crippen LogP contribution < -0.4 is 5.32 Å². The second-order valence-electron chi connectivity index (χ2n) is 4.96. The third kappa shape index (κ3) is 2.68. The Labute approximate surface area is 110 Å². The fourth-order valence-electron chi connectivity index (χ4n) is 3.06. The highest BCUT2D eigenvalue weighted by molar-refractivity contribution is 5.34. The lowest BCUT2D eigenvalue weighted by Gasteiger charge is -2.35. The van der Waals surface area contributed by atoms with E-state index in [9.17, 15) is 5.11 Å². The minimum atomic E-state index is 0.320. The van der Waals surface area contributed by atoms with E-state index in [1.54, 1.807) is 6.07 Å². The second-order valence-corrected chi connectivity index (χ2v) is 4.96. The summed E-state index contributed by atoms with van der Waals surface area (Å²) in [5.41, 5.74) is 1.06. The van der Waals surface area contributed by atoms with Crippen molar-refractivity contribution in [2.75, 3.05) is 19.6 Å². The number of likely N-dealkylation sites (N-methyl/N-ethyl adjacent to an activating group) is 1. The Morgan fingerprint density at radius 2 is 2.17 bits per heavy atom. The van der Waals surface area contributed by atoms with Gasteiger partial charge in [-0.25, -0.2) is 0 Å². The Morgan fingerprint density at radius 1 is 1.39 bits per heavy atom.